The topological polar surface area (TPSA) is 144 Å². The summed E-state index contributed by atoms with van der Waals surface area (Å²) in [6, 6.07) is 34.7. The number of ether oxygens (including phenoxy) is 1. The second-order valence-corrected chi connectivity index (χ2v) is 17.1. The Hall–Kier alpha value is -6.60. The van der Waals surface area contributed by atoms with E-state index in [1.165, 1.54) is 12.0 Å². The molecule has 12 nitrogen and oxygen atoms in total. The number of allylic oxidation sites excluding steroid dienone is 2. The molecule has 4 aliphatic rings. The Labute approximate surface area is 361 Å². The van der Waals surface area contributed by atoms with E-state index >= 15 is 9.59 Å². The highest BCUT2D eigenvalue weighted by Crippen LogP contribution is 2.64. The summed E-state index contributed by atoms with van der Waals surface area (Å²) in [7, 11) is 5.38. The summed E-state index contributed by atoms with van der Waals surface area (Å²) in [6.07, 6.45) is 2.40. The predicted molar refractivity (Wildman–Crippen MR) is 235 cm³/mol. The summed E-state index contributed by atoms with van der Waals surface area (Å²) in [5, 5.41) is 20.8. The number of amides is 4. The van der Waals surface area contributed by atoms with Crippen molar-refractivity contribution in [3.63, 3.8) is 0 Å². The molecule has 2 heterocycles. The highest BCUT2D eigenvalue weighted by Gasteiger charge is 2.70. The number of hydrogen-bond acceptors (Lipinski definition) is 10. The summed E-state index contributed by atoms with van der Waals surface area (Å²) in [5.41, 5.74) is 7.96. The lowest BCUT2D eigenvalue weighted by molar-refractivity contribution is -0.138. The fraction of sp³-hybridized carbons (Fsp3) is 0.250. The molecule has 2 N–H and O–H groups in total. The van der Waals surface area contributed by atoms with Gasteiger partial charge in [0.2, 0.25) is 11.8 Å². The van der Waals surface area contributed by atoms with E-state index in [1.807, 2.05) is 111 Å². The molecule has 9 rings (SSSR count). The number of imide groups is 2. The van der Waals surface area contributed by atoms with Crippen molar-refractivity contribution in [3.8, 4) is 11.5 Å². The Morgan fingerprint density at radius 2 is 1.48 bits per heavy atom. The number of aryl methyl sites for hydroxylation is 1. The lowest BCUT2D eigenvalue weighted by Crippen LogP contribution is -2.53. The van der Waals surface area contributed by atoms with Gasteiger partial charge in [-0.25, -0.2) is 0 Å². The van der Waals surface area contributed by atoms with Crippen LogP contribution in [-0.2, 0) is 24.6 Å². The number of hydrazine groups is 1. The maximum absolute atomic E-state index is 15.5. The third kappa shape index (κ3) is 6.49. The molecule has 5 aromatic rings. The number of carbonyl (C=O) groups is 4. The molecule has 2 saturated heterocycles. The zero-order valence-corrected chi connectivity index (χ0v) is 35.5. The molecule has 2 aliphatic carbocycles. The van der Waals surface area contributed by atoms with Gasteiger partial charge < -0.3 is 14.7 Å². The van der Waals surface area contributed by atoms with Crippen LogP contribution in [0.4, 0.5) is 28.4 Å². The van der Waals surface area contributed by atoms with Crippen molar-refractivity contribution in [2.75, 3.05) is 36.4 Å². The van der Waals surface area contributed by atoms with Gasteiger partial charge in [0.25, 0.3) is 11.8 Å². The molecule has 2 aliphatic heterocycles. The second kappa shape index (κ2) is 15.5. The Morgan fingerprint density at radius 3 is 2.11 bits per heavy atom. The van der Waals surface area contributed by atoms with Crippen LogP contribution < -0.4 is 20.0 Å². The number of nitrogens with one attached hydrogen (secondary N) is 1. The largest absolute Gasteiger partial charge is 0.503 e. The molecule has 6 unspecified atom stereocenters. The minimum atomic E-state index is -1.48. The third-order valence-electron chi connectivity index (χ3n) is 12.8. The fourth-order valence-corrected chi connectivity index (χ4v) is 10.4. The van der Waals surface area contributed by atoms with Crippen molar-refractivity contribution in [2.24, 2.45) is 33.9 Å². The number of methoxy groups -OCH3 is 1. The molecule has 0 spiro atoms. The van der Waals surface area contributed by atoms with Gasteiger partial charge in [0.05, 0.1) is 57.5 Å². The average molecular weight is 880 g/mol. The van der Waals surface area contributed by atoms with Crippen LogP contribution in [0, 0.1) is 30.6 Å². The van der Waals surface area contributed by atoms with E-state index in [4.69, 9.17) is 4.74 Å². The van der Waals surface area contributed by atoms with Gasteiger partial charge >= 0.3 is 0 Å². The van der Waals surface area contributed by atoms with E-state index < -0.39 is 46.8 Å². The van der Waals surface area contributed by atoms with E-state index in [0.717, 1.165) is 21.8 Å². The number of rotatable bonds is 9. The zero-order valence-electron chi connectivity index (χ0n) is 34.0. The van der Waals surface area contributed by atoms with Crippen molar-refractivity contribution >= 4 is 68.0 Å². The van der Waals surface area contributed by atoms with Gasteiger partial charge in [0.1, 0.15) is 0 Å². The Balaban J connectivity index is 1.12. The van der Waals surface area contributed by atoms with Crippen LogP contribution in [-0.4, -0.2) is 54.9 Å². The van der Waals surface area contributed by atoms with E-state index in [2.05, 4.69) is 31.6 Å². The molecule has 13 heteroatoms. The van der Waals surface area contributed by atoms with Gasteiger partial charge in [-0.05, 0) is 126 Å². The number of carbonyl (C=O) groups excluding carboxylic acids is 4. The van der Waals surface area contributed by atoms with E-state index in [9.17, 15) is 14.7 Å². The van der Waals surface area contributed by atoms with Gasteiger partial charge in [-0.1, -0.05) is 59.7 Å². The minimum Gasteiger partial charge on any atom is -0.503 e. The molecule has 4 amide bonds. The minimum absolute atomic E-state index is 0.114. The summed E-state index contributed by atoms with van der Waals surface area (Å²) in [6.45, 7) is 1.96. The van der Waals surface area contributed by atoms with Crippen LogP contribution in [0.15, 0.2) is 142 Å². The van der Waals surface area contributed by atoms with Crippen molar-refractivity contribution in [2.45, 2.75) is 31.1 Å². The Morgan fingerprint density at radius 1 is 0.820 bits per heavy atom. The number of hydrogen-bond donors (Lipinski definition) is 2. The Kier molecular flexibility index (Phi) is 10.1. The smallest absolute Gasteiger partial charge is 0.260 e. The number of fused-ring (bicyclic) bond motifs is 4. The molecule has 3 fully saturated rings. The fourth-order valence-electron chi connectivity index (χ4n) is 9.89. The van der Waals surface area contributed by atoms with E-state index in [-0.39, 0.29) is 36.2 Å². The quantitative estimate of drug-likeness (QED) is 0.0848. The SMILES string of the molecule is COc1cc(C2C3=CCC4C(=O)N(c5ccc(N=Nc6ccc(N(C)C)cc6)cc5)C(=O)C4C3CC3C(=O)N(Nc4ccc(C)cc4)C(=O)C32c2ccccc2)cc(Br)c1O. The normalized spacial score (nSPS) is 24.4. The summed E-state index contributed by atoms with van der Waals surface area (Å²) in [4.78, 5) is 62.9. The first-order valence-electron chi connectivity index (χ1n) is 20.1. The summed E-state index contributed by atoms with van der Waals surface area (Å²) in [5.74, 6) is -5.27. The predicted octanol–water partition coefficient (Wildman–Crippen LogP) is 9.14. The maximum Gasteiger partial charge on any atom is 0.260 e. The Bertz CT molecular complexity index is 2630. The maximum atomic E-state index is 15.5. The first-order valence-corrected chi connectivity index (χ1v) is 20.9. The number of nitrogens with zero attached hydrogens (tertiary/aromatic N) is 5. The number of phenols is 1. The molecular formula is C48H43BrN6O6. The van der Waals surface area contributed by atoms with Gasteiger partial charge in [0.15, 0.2) is 11.5 Å². The van der Waals surface area contributed by atoms with Crippen LogP contribution in [0.3, 0.4) is 0 Å². The monoisotopic (exact) mass is 878 g/mol. The molecule has 0 bridgehead atoms. The number of benzene rings is 5. The van der Waals surface area contributed by atoms with E-state index in [0.29, 0.717) is 38.3 Å². The molecule has 61 heavy (non-hydrogen) atoms. The molecule has 1 saturated carbocycles. The molecular weight excluding hydrogens is 836 g/mol. The molecule has 0 radical (unpaired) electrons. The zero-order chi connectivity index (χ0) is 42.7. The first kappa shape index (κ1) is 39.8. The number of azo groups is 1. The van der Waals surface area contributed by atoms with Crippen LogP contribution in [0.5, 0.6) is 11.5 Å². The number of phenolic OH excluding ortho intramolecular Hbond substituents is 1. The molecule has 308 valence electrons. The van der Waals surface area contributed by atoms with Crippen molar-refractivity contribution in [1.29, 1.82) is 0 Å². The highest BCUT2D eigenvalue weighted by molar-refractivity contribution is 9.10. The van der Waals surface area contributed by atoms with Gasteiger partial charge in [-0.2, -0.15) is 15.2 Å². The van der Waals surface area contributed by atoms with Crippen molar-refractivity contribution in [1.82, 2.24) is 5.01 Å². The molecule has 6 atom stereocenters. The third-order valence-corrected chi connectivity index (χ3v) is 13.4. The van der Waals surface area contributed by atoms with Crippen LogP contribution >= 0.6 is 15.9 Å². The summed E-state index contributed by atoms with van der Waals surface area (Å²) >= 11 is 3.51. The van der Waals surface area contributed by atoms with Gasteiger partial charge in [0, 0.05) is 25.7 Å². The van der Waals surface area contributed by atoms with Gasteiger partial charge in [-0.3, -0.25) is 29.5 Å². The second-order valence-electron chi connectivity index (χ2n) is 16.3. The highest BCUT2D eigenvalue weighted by atomic mass is 79.9. The standard InChI is InChI=1S/C48H43BrN6O6/c1-27-10-12-32(13-11-27)52-55-45(58)38-26-37-35(42(28-24-39(49)43(56)40(25-28)61-4)48(38,47(55)60)29-8-6-5-7-9-29)22-23-36-41(37)46(59)54(44(36)57)34-20-16-31(17-21-34)51-50-30-14-18-33(19-15-30)53(2)3/h5-22,24-25,36-38,41-42,52,56H,23,26H2,1-4H3. The number of halogens is 1. The van der Waals surface area contributed by atoms with Crippen molar-refractivity contribution < 1.29 is 29.0 Å². The van der Waals surface area contributed by atoms with Crippen molar-refractivity contribution in [3.05, 3.63) is 148 Å². The first-order chi connectivity index (χ1) is 29.4. The average Bonchev–Trinajstić information content (AvgIpc) is 3.65. The van der Waals surface area contributed by atoms with Crippen LogP contribution in [0.25, 0.3) is 0 Å². The summed E-state index contributed by atoms with van der Waals surface area (Å²) < 4.78 is 5.97. The number of anilines is 3. The number of aromatic hydroxyl groups is 1. The molecule has 0 aromatic heterocycles. The van der Waals surface area contributed by atoms with Crippen LogP contribution in [0.1, 0.15) is 35.4 Å². The lowest BCUT2D eigenvalue weighted by Gasteiger charge is -2.50. The lowest BCUT2D eigenvalue weighted by atomic mass is 9.49. The molecule has 5 aromatic carbocycles. The van der Waals surface area contributed by atoms with E-state index in [1.54, 1.807) is 36.4 Å². The van der Waals surface area contributed by atoms with Gasteiger partial charge in [-0.15, -0.1) is 0 Å². The van der Waals surface area contributed by atoms with Crippen LogP contribution in [0.2, 0.25) is 0 Å².